The standard InChI is InChI=1S/C20H22N2O3S/c1-16(15-17-7-3-2-4-8-17)20(23)21-18-9-11-19(12-10-18)26(24,25)22-13-5-6-14-22/h2-4,7-12,15H,5-6,13-14H2,1H3,(H,21,23)/b16-15-. The first kappa shape index (κ1) is 18.4. The zero-order valence-corrected chi connectivity index (χ0v) is 15.5. The Bertz CT molecular complexity index is 898. The van der Waals surface area contributed by atoms with Crippen LogP contribution in [0.5, 0.6) is 0 Å². The summed E-state index contributed by atoms with van der Waals surface area (Å²) < 4.78 is 26.5. The number of rotatable bonds is 5. The quantitative estimate of drug-likeness (QED) is 0.819. The van der Waals surface area contributed by atoms with Crippen LogP contribution in [0.4, 0.5) is 5.69 Å². The third-order valence-electron chi connectivity index (χ3n) is 4.36. The molecule has 1 amide bonds. The van der Waals surface area contributed by atoms with Crippen molar-refractivity contribution in [3.8, 4) is 0 Å². The normalized spacial score (nSPS) is 15.8. The highest BCUT2D eigenvalue weighted by Crippen LogP contribution is 2.22. The van der Waals surface area contributed by atoms with E-state index in [4.69, 9.17) is 0 Å². The molecule has 0 unspecified atom stereocenters. The van der Waals surface area contributed by atoms with Crippen LogP contribution in [0.2, 0.25) is 0 Å². The highest BCUT2D eigenvalue weighted by Gasteiger charge is 2.26. The first-order chi connectivity index (χ1) is 12.5. The van der Waals surface area contributed by atoms with Crippen molar-refractivity contribution in [3.63, 3.8) is 0 Å². The molecule has 0 atom stereocenters. The molecule has 136 valence electrons. The molecule has 1 aliphatic heterocycles. The Kier molecular flexibility index (Phi) is 5.54. The Hall–Kier alpha value is -2.44. The summed E-state index contributed by atoms with van der Waals surface area (Å²) in [5.41, 5.74) is 2.09. The molecule has 0 bridgehead atoms. The molecule has 0 radical (unpaired) electrons. The maximum absolute atomic E-state index is 12.5. The Labute approximate surface area is 154 Å². The van der Waals surface area contributed by atoms with Crippen LogP contribution < -0.4 is 5.32 Å². The van der Waals surface area contributed by atoms with E-state index in [1.165, 1.54) is 4.31 Å². The van der Waals surface area contributed by atoms with Gasteiger partial charge in [0.15, 0.2) is 0 Å². The number of carbonyl (C=O) groups excluding carboxylic acids is 1. The summed E-state index contributed by atoms with van der Waals surface area (Å²) in [7, 11) is -3.43. The first-order valence-corrected chi connectivity index (χ1v) is 10.1. The molecular formula is C20H22N2O3S. The zero-order chi connectivity index (χ0) is 18.6. The van der Waals surface area contributed by atoms with Crippen molar-refractivity contribution in [2.24, 2.45) is 0 Å². The van der Waals surface area contributed by atoms with Crippen LogP contribution in [0.15, 0.2) is 65.1 Å². The average molecular weight is 370 g/mol. The molecule has 6 heteroatoms. The minimum absolute atomic E-state index is 0.219. The molecule has 1 heterocycles. The van der Waals surface area contributed by atoms with E-state index in [9.17, 15) is 13.2 Å². The molecule has 1 N–H and O–H groups in total. The molecule has 3 rings (SSSR count). The van der Waals surface area contributed by atoms with Crippen molar-refractivity contribution in [1.29, 1.82) is 0 Å². The van der Waals surface area contributed by atoms with Crippen molar-refractivity contribution in [3.05, 3.63) is 65.7 Å². The van der Waals surface area contributed by atoms with Crippen LogP contribution >= 0.6 is 0 Å². The maximum atomic E-state index is 12.5. The number of carbonyl (C=O) groups is 1. The van der Waals surface area contributed by atoms with Gasteiger partial charge in [-0.15, -0.1) is 0 Å². The van der Waals surface area contributed by atoms with Crippen molar-refractivity contribution in [1.82, 2.24) is 4.31 Å². The second-order valence-corrected chi connectivity index (χ2v) is 8.27. The highest BCUT2D eigenvalue weighted by molar-refractivity contribution is 7.89. The van der Waals surface area contributed by atoms with E-state index in [2.05, 4.69) is 5.32 Å². The number of amides is 1. The van der Waals surface area contributed by atoms with Crippen LogP contribution in [0, 0.1) is 0 Å². The monoisotopic (exact) mass is 370 g/mol. The summed E-state index contributed by atoms with van der Waals surface area (Å²) in [6.07, 6.45) is 3.61. The third-order valence-corrected chi connectivity index (χ3v) is 6.27. The first-order valence-electron chi connectivity index (χ1n) is 8.62. The van der Waals surface area contributed by atoms with Gasteiger partial charge in [-0.2, -0.15) is 4.31 Å². The predicted octanol–water partition coefficient (Wildman–Crippen LogP) is 3.51. The van der Waals surface area contributed by atoms with Gasteiger partial charge in [0.05, 0.1) is 4.90 Å². The molecule has 5 nitrogen and oxygen atoms in total. The number of anilines is 1. The Morgan fingerprint density at radius 1 is 1.00 bits per heavy atom. The number of sulfonamides is 1. The lowest BCUT2D eigenvalue weighted by atomic mass is 10.1. The topological polar surface area (TPSA) is 66.5 Å². The van der Waals surface area contributed by atoms with Crippen LogP contribution in [-0.2, 0) is 14.8 Å². The molecule has 2 aromatic rings. The number of hydrogen-bond donors (Lipinski definition) is 1. The van der Waals surface area contributed by atoms with Gasteiger partial charge < -0.3 is 5.32 Å². The molecule has 0 spiro atoms. The van der Waals surface area contributed by atoms with Crippen molar-refractivity contribution < 1.29 is 13.2 Å². The summed E-state index contributed by atoms with van der Waals surface area (Å²) >= 11 is 0. The van der Waals surface area contributed by atoms with Crippen LogP contribution in [0.3, 0.4) is 0 Å². The molecule has 1 saturated heterocycles. The zero-order valence-electron chi connectivity index (χ0n) is 14.7. The summed E-state index contributed by atoms with van der Waals surface area (Å²) in [4.78, 5) is 12.6. The van der Waals surface area contributed by atoms with E-state index in [-0.39, 0.29) is 10.8 Å². The minimum Gasteiger partial charge on any atom is -0.322 e. The lowest BCUT2D eigenvalue weighted by molar-refractivity contribution is -0.112. The van der Waals surface area contributed by atoms with Gasteiger partial charge in [0.25, 0.3) is 5.91 Å². The molecule has 1 fully saturated rings. The lowest BCUT2D eigenvalue weighted by Crippen LogP contribution is -2.27. The fourth-order valence-corrected chi connectivity index (χ4v) is 4.40. The predicted molar refractivity (Wildman–Crippen MR) is 103 cm³/mol. The van der Waals surface area contributed by atoms with Crippen molar-refractivity contribution in [2.45, 2.75) is 24.7 Å². The van der Waals surface area contributed by atoms with Gasteiger partial charge in [0, 0.05) is 24.4 Å². The molecule has 0 saturated carbocycles. The second kappa shape index (κ2) is 7.85. The summed E-state index contributed by atoms with van der Waals surface area (Å²) in [5, 5.41) is 2.79. The van der Waals surface area contributed by atoms with Crippen LogP contribution in [0.25, 0.3) is 6.08 Å². The smallest absolute Gasteiger partial charge is 0.251 e. The number of nitrogens with one attached hydrogen (secondary N) is 1. The SMILES string of the molecule is C/C(=C/c1ccccc1)C(=O)Nc1ccc(S(=O)(=O)N2CCCC2)cc1. The van der Waals surface area contributed by atoms with Gasteiger partial charge in [-0.1, -0.05) is 30.3 Å². The van der Waals surface area contributed by atoms with Gasteiger partial charge in [-0.05, 0) is 55.7 Å². The van der Waals surface area contributed by atoms with E-state index in [1.807, 2.05) is 36.4 Å². The molecule has 26 heavy (non-hydrogen) atoms. The van der Waals surface area contributed by atoms with Gasteiger partial charge in [0.1, 0.15) is 0 Å². The van der Waals surface area contributed by atoms with Crippen molar-refractivity contribution in [2.75, 3.05) is 18.4 Å². The van der Waals surface area contributed by atoms with E-state index in [1.54, 1.807) is 31.2 Å². The Morgan fingerprint density at radius 3 is 2.23 bits per heavy atom. The minimum atomic E-state index is -3.43. The van der Waals surface area contributed by atoms with E-state index in [0.29, 0.717) is 24.4 Å². The third kappa shape index (κ3) is 4.20. The number of nitrogens with zero attached hydrogens (tertiary/aromatic N) is 1. The number of benzene rings is 2. The van der Waals surface area contributed by atoms with E-state index >= 15 is 0 Å². The van der Waals surface area contributed by atoms with Gasteiger partial charge in [0.2, 0.25) is 10.0 Å². The second-order valence-electron chi connectivity index (χ2n) is 6.33. The van der Waals surface area contributed by atoms with Crippen LogP contribution in [-0.4, -0.2) is 31.7 Å². The number of hydrogen-bond acceptors (Lipinski definition) is 3. The van der Waals surface area contributed by atoms with Gasteiger partial charge >= 0.3 is 0 Å². The van der Waals surface area contributed by atoms with Crippen LogP contribution in [0.1, 0.15) is 25.3 Å². The molecule has 0 aromatic heterocycles. The average Bonchev–Trinajstić information content (AvgIpc) is 3.18. The summed E-state index contributed by atoms with van der Waals surface area (Å²) in [6, 6.07) is 15.9. The summed E-state index contributed by atoms with van der Waals surface area (Å²) in [5.74, 6) is -0.219. The highest BCUT2D eigenvalue weighted by atomic mass is 32.2. The van der Waals surface area contributed by atoms with Gasteiger partial charge in [-0.3, -0.25) is 4.79 Å². The molecule has 2 aromatic carbocycles. The Morgan fingerprint density at radius 2 is 1.62 bits per heavy atom. The fourth-order valence-electron chi connectivity index (χ4n) is 2.88. The van der Waals surface area contributed by atoms with Gasteiger partial charge in [-0.25, -0.2) is 8.42 Å². The maximum Gasteiger partial charge on any atom is 0.251 e. The largest absolute Gasteiger partial charge is 0.322 e. The summed E-state index contributed by atoms with van der Waals surface area (Å²) in [6.45, 7) is 2.89. The fraction of sp³-hybridized carbons (Fsp3) is 0.250. The molecule has 1 aliphatic rings. The van der Waals surface area contributed by atoms with E-state index < -0.39 is 10.0 Å². The lowest BCUT2D eigenvalue weighted by Gasteiger charge is -2.15. The van der Waals surface area contributed by atoms with Crippen molar-refractivity contribution >= 4 is 27.7 Å². The Balaban J connectivity index is 1.69. The molecular weight excluding hydrogens is 348 g/mol. The van der Waals surface area contributed by atoms with E-state index in [0.717, 1.165) is 18.4 Å². The molecule has 0 aliphatic carbocycles.